The molecule has 0 aromatic carbocycles. The Morgan fingerprint density at radius 2 is 1.85 bits per heavy atom. The number of hydrogen-bond donors (Lipinski definition) is 2. The first-order chi connectivity index (χ1) is 9.85. The van der Waals surface area contributed by atoms with Crippen LogP contribution in [0.2, 0.25) is 0 Å². The van der Waals surface area contributed by atoms with Crippen LogP contribution in [0.25, 0.3) is 0 Å². The third-order valence-electron chi connectivity index (χ3n) is 3.98. The van der Waals surface area contributed by atoms with Gasteiger partial charge in [-0.1, -0.05) is 0 Å². The molecule has 0 atom stereocenters. The SMILES string of the molecule is CCNc1cc(NCCN2CCCC2)nc(C2CC2)n1. The van der Waals surface area contributed by atoms with Crippen molar-refractivity contribution in [2.45, 2.75) is 38.5 Å². The summed E-state index contributed by atoms with van der Waals surface area (Å²) in [5.74, 6) is 3.52. The molecule has 1 aromatic rings. The molecule has 110 valence electrons. The molecule has 0 unspecified atom stereocenters. The van der Waals surface area contributed by atoms with Gasteiger partial charge in [-0.25, -0.2) is 9.97 Å². The van der Waals surface area contributed by atoms with Crippen LogP contribution in [0.4, 0.5) is 11.6 Å². The van der Waals surface area contributed by atoms with E-state index >= 15 is 0 Å². The minimum atomic E-state index is 0.590. The summed E-state index contributed by atoms with van der Waals surface area (Å²) >= 11 is 0. The Morgan fingerprint density at radius 3 is 2.50 bits per heavy atom. The zero-order chi connectivity index (χ0) is 13.8. The van der Waals surface area contributed by atoms with Gasteiger partial charge in [-0.15, -0.1) is 0 Å². The summed E-state index contributed by atoms with van der Waals surface area (Å²) in [5, 5.41) is 6.76. The Hall–Kier alpha value is -1.36. The standard InChI is InChI=1S/C15H25N5/c1-2-16-13-11-14(19-15(18-13)12-5-6-12)17-7-10-20-8-3-4-9-20/h11-12H,2-10H2,1H3,(H2,16,17,18,19). The molecule has 1 saturated carbocycles. The van der Waals surface area contributed by atoms with Crippen LogP contribution in [0.1, 0.15) is 44.3 Å². The van der Waals surface area contributed by atoms with E-state index in [0.717, 1.165) is 37.1 Å². The molecule has 3 rings (SSSR count). The third-order valence-corrected chi connectivity index (χ3v) is 3.98. The maximum atomic E-state index is 4.66. The second-order valence-electron chi connectivity index (χ2n) is 5.78. The van der Waals surface area contributed by atoms with Gasteiger partial charge in [-0.2, -0.15) is 0 Å². The van der Waals surface area contributed by atoms with Gasteiger partial charge in [0.05, 0.1) is 0 Å². The second kappa shape index (κ2) is 6.39. The van der Waals surface area contributed by atoms with E-state index in [9.17, 15) is 0 Å². The van der Waals surface area contributed by atoms with Gasteiger partial charge in [0.1, 0.15) is 17.5 Å². The van der Waals surface area contributed by atoms with Gasteiger partial charge in [-0.3, -0.25) is 0 Å². The van der Waals surface area contributed by atoms with E-state index in [0.29, 0.717) is 5.92 Å². The fourth-order valence-corrected chi connectivity index (χ4v) is 2.70. The van der Waals surface area contributed by atoms with E-state index in [1.54, 1.807) is 0 Å². The van der Waals surface area contributed by atoms with E-state index < -0.39 is 0 Å². The van der Waals surface area contributed by atoms with E-state index in [4.69, 9.17) is 0 Å². The predicted octanol–water partition coefficient (Wildman–Crippen LogP) is 2.29. The summed E-state index contributed by atoms with van der Waals surface area (Å²) in [6.07, 6.45) is 5.18. The lowest BCUT2D eigenvalue weighted by Crippen LogP contribution is -2.26. The minimum absolute atomic E-state index is 0.590. The summed E-state index contributed by atoms with van der Waals surface area (Å²) in [6, 6.07) is 2.03. The van der Waals surface area contributed by atoms with Crippen LogP contribution in [0, 0.1) is 0 Å². The largest absolute Gasteiger partial charge is 0.370 e. The molecule has 2 heterocycles. The summed E-state index contributed by atoms with van der Waals surface area (Å²) in [5.41, 5.74) is 0. The third kappa shape index (κ3) is 3.60. The van der Waals surface area contributed by atoms with Crippen LogP contribution >= 0.6 is 0 Å². The fourth-order valence-electron chi connectivity index (χ4n) is 2.70. The lowest BCUT2D eigenvalue weighted by Gasteiger charge is -2.15. The monoisotopic (exact) mass is 275 g/mol. The van der Waals surface area contributed by atoms with Crippen LogP contribution in [0.3, 0.4) is 0 Å². The van der Waals surface area contributed by atoms with Crippen molar-refractivity contribution in [2.75, 3.05) is 43.4 Å². The number of aromatic nitrogens is 2. The van der Waals surface area contributed by atoms with Gasteiger partial charge in [0.2, 0.25) is 0 Å². The quantitative estimate of drug-likeness (QED) is 0.799. The van der Waals surface area contributed by atoms with Gasteiger partial charge >= 0.3 is 0 Å². The van der Waals surface area contributed by atoms with E-state index in [1.807, 2.05) is 6.07 Å². The van der Waals surface area contributed by atoms with Crippen LogP contribution in [0.5, 0.6) is 0 Å². The van der Waals surface area contributed by atoms with Gasteiger partial charge in [-0.05, 0) is 45.7 Å². The molecule has 0 radical (unpaired) electrons. The highest BCUT2D eigenvalue weighted by atomic mass is 15.2. The van der Waals surface area contributed by atoms with E-state index in [2.05, 4.69) is 32.4 Å². The molecule has 2 N–H and O–H groups in total. The molecular formula is C15H25N5. The number of likely N-dealkylation sites (tertiary alicyclic amines) is 1. The first-order valence-electron chi connectivity index (χ1n) is 7.94. The maximum Gasteiger partial charge on any atom is 0.136 e. The van der Waals surface area contributed by atoms with E-state index in [-0.39, 0.29) is 0 Å². The molecule has 1 saturated heterocycles. The first-order valence-corrected chi connectivity index (χ1v) is 7.94. The Kier molecular flexibility index (Phi) is 4.35. The molecule has 0 bridgehead atoms. The molecule has 2 fully saturated rings. The van der Waals surface area contributed by atoms with Crippen molar-refractivity contribution in [3.8, 4) is 0 Å². The molecular weight excluding hydrogens is 250 g/mol. The molecule has 5 heteroatoms. The maximum absolute atomic E-state index is 4.66. The van der Waals surface area contributed by atoms with E-state index in [1.165, 1.54) is 38.8 Å². The van der Waals surface area contributed by atoms with Crippen LogP contribution < -0.4 is 10.6 Å². The van der Waals surface area contributed by atoms with Crippen molar-refractivity contribution in [3.63, 3.8) is 0 Å². The number of rotatable bonds is 7. The van der Waals surface area contributed by atoms with Crippen molar-refractivity contribution in [1.82, 2.24) is 14.9 Å². The molecule has 0 spiro atoms. The number of anilines is 2. The predicted molar refractivity (Wildman–Crippen MR) is 82.3 cm³/mol. The van der Waals surface area contributed by atoms with Crippen molar-refractivity contribution < 1.29 is 0 Å². The normalized spacial score (nSPS) is 19.2. The Bertz CT molecular complexity index is 438. The highest BCUT2D eigenvalue weighted by molar-refractivity contribution is 5.48. The summed E-state index contributed by atoms with van der Waals surface area (Å²) in [7, 11) is 0. The zero-order valence-electron chi connectivity index (χ0n) is 12.4. The number of nitrogens with one attached hydrogen (secondary N) is 2. The average molecular weight is 275 g/mol. The van der Waals surface area contributed by atoms with Gasteiger partial charge in [0, 0.05) is 31.6 Å². The highest BCUT2D eigenvalue weighted by Gasteiger charge is 2.27. The molecule has 2 aliphatic rings. The summed E-state index contributed by atoms with van der Waals surface area (Å²) in [6.45, 7) is 7.57. The van der Waals surface area contributed by atoms with Crippen molar-refractivity contribution in [1.29, 1.82) is 0 Å². The molecule has 1 aromatic heterocycles. The topological polar surface area (TPSA) is 53.1 Å². The molecule has 1 aliphatic carbocycles. The van der Waals surface area contributed by atoms with Crippen LogP contribution in [-0.4, -0.2) is 47.6 Å². The fraction of sp³-hybridized carbons (Fsp3) is 0.733. The smallest absolute Gasteiger partial charge is 0.136 e. The van der Waals surface area contributed by atoms with Gasteiger partial charge < -0.3 is 15.5 Å². The lowest BCUT2D eigenvalue weighted by molar-refractivity contribution is 0.352. The molecule has 20 heavy (non-hydrogen) atoms. The first kappa shape index (κ1) is 13.6. The molecule has 5 nitrogen and oxygen atoms in total. The summed E-state index contributed by atoms with van der Waals surface area (Å²) in [4.78, 5) is 11.8. The minimum Gasteiger partial charge on any atom is -0.370 e. The van der Waals surface area contributed by atoms with Crippen LogP contribution in [0.15, 0.2) is 6.07 Å². The molecule has 1 aliphatic heterocycles. The second-order valence-corrected chi connectivity index (χ2v) is 5.78. The van der Waals surface area contributed by atoms with Crippen LogP contribution in [-0.2, 0) is 0 Å². The zero-order valence-corrected chi connectivity index (χ0v) is 12.4. The van der Waals surface area contributed by atoms with Crippen molar-refractivity contribution >= 4 is 11.6 Å². The Labute approximate surface area is 121 Å². The Balaban J connectivity index is 1.58. The lowest BCUT2D eigenvalue weighted by atomic mass is 10.3. The Morgan fingerprint density at radius 1 is 1.15 bits per heavy atom. The molecule has 0 amide bonds. The summed E-state index contributed by atoms with van der Waals surface area (Å²) < 4.78 is 0. The van der Waals surface area contributed by atoms with Gasteiger partial charge in [0.15, 0.2) is 0 Å². The average Bonchev–Trinajstić information content (AvgIpc) is 3.17. The number of hydrogen-bond acceptors (Lipinski definition) is 5. The van der Waals surface area contributed by atoms with Crippen molar-refractivity contribution in [3.05, 3.63) is 11.9 Å². The van der Waals surface area contributed by atoms with Gasteiger partial charge in [0.25, 0.3) is 0 Å². The van der Waals surface area contributed by atoms with Crippen molar-refractivity contribution in [2.24, 2.45) is 0 Å². The number of nitrogens with zero attached hydrogens (tertiary/aromatic N) is 3. The highest BCUT2D eigenvalue weighted by Crippen LogP contribution is 2.38.